The Morgan fingerprint density at radius 1 is 1.29 bits per heavy atom. The summed E-state index contributed by atoms with van der Waals surface area (Å²) in [5.74, 6) is 0.196. The summed E-state index contributed by atoms with van der Waals surface area (Å²) in [4.78, 5) is 13.8. The van der Waals surface area contributed by atoms with E-state index in [4.69, 9.17) is 15.2 Å². The summed E-state index contributed by atoms with van der Waals surface area (Å²) in [6, 6.07) is 0. The molecule has 2 rings (SSSR count). The Kier molecular flexibility index (Phi) is 4.76. The van der Waals surface area contributed by atoms with E-state index in [1.165, 1.54) is 0 Å². The standard InChI is InChI=1S/C12H22N2O3/c13-5-1-4-12(15)14-6-8-17-11(9-14)10-3-2-7-16-10/h10-11H,1-9,13H2. The van der Waals surface area contributed by atoms with Crippen LogP contribution in [0.25, 0.3) is 0 Å². The molecular formula is C12H22N2O3. The lowest BCUT2D eigenvalue weighted by atomic mass is 10.1. The molecule has 0 radical (unpaired) electrons. The number of carbonyl (C=O) groups is 1. The Morgan fingerprint density at radius 3 is 2.82 bits per heavy atom. The predicted octanol–water partition coefficient (Wildman–Crippen LogP) is 0.132. The average molecular weight is 242 g/mol. The smallest absolute Gasteiger partial charge is 0.222 e. The second-order valence-electron chi connectivity index (χ2n) is 4.69. The molecule has 5 heteroatoms. The van der Waals surface area contributed by atoms with Crippen molar-refractivity contribution in [3.8, 4) is 0 Å². The SMILES string of the molecule is NCCCC(=O)N1CCOC(C2CCCO2)C1. The highest BCUT2D eigenvalue weighted by Crippen LogP contribution is 2.21. The monoisotopic (exact) mass is 242 g/mol. The topological polar surface area (TPSA) is 64.8 Å². The predicted molar refractivity (Wildman–Crippen MR) is 63.6 cm³/mol. The summed E-state index contributed by atoms with van der Waals surface area (Å²) in [6.07, 6.45) is 3.71. The number of nitrogens with two attached hydrogens (primary N) is 1. The minimum absolute atomic E-state index is 0.0630. The van der Waals surface area contributed by atoms with Crippen molar-refractivity contribution in [3.05, 3.63) is 0 Å². The first-order chi connectivity index (χ1) is 8.31. The minimum atomic E-state index is 0.0630. The quantitative estimate of drug-likeness (QED) is 0.761. The van der Waals surface area contributed by atoms with Gasteiger partial charge in [0.1, 0.15) is 6.10 Å². The summed E-state index contributed by atoms with van der Waals surface area (Å²) in [5, 5.41) is 0. The van der Waals surface area contributed by atoms with Crippen LogP contribution in [-0.4, -0.2) is 55.9 Å². The number of carbonyl (C=O) groups excluding carboxylic acids is 1. The molecule has 0 aromatic heterocycles. The molecule has 2 aliphatic heterocycles. The van der Waals surface area contributed by atoms with Crippen LogP contribution < -0.4 is 5.73 Å². The molecule has 0 aromatic carbocycles. The van der Waals surface area contributed by atoms with Crippen LogP contribution in [0.1, 0.15) is 25.7 Å². The fraction of sp³-hybridized carbons (Fsp3) is 0.917. The molecule has 0 saturated carbocycles. The first-order valence-corrected chi connectivity index (χ1v) is 6.52. The van der Waals surface area contributed by atoms with Gasteiger partial charge in [-0.2, -0.15) is 0 Å². The van der Waals surface area contributed by atoms with Gasteiger partial charge in [0.05, 0.1) is 12.7 Å². The lowest BCUT2D eigenvalue weighted by Gasteiger charge is -2.35. The van der Waals surface area contributed by atoms with E-state index in [1.807, 2.05) is 4.90 Å². The van der Waals surface area contributed by atoms with Crippen molar-refractivity contribution in [1.29, 1.82) is 0 Å². The Labute approximate surface area is 102 Å². The third kappa shape index (κ3) is 3.40. The van der Waals surface area contributed by atoms with Crippen LogP contribution in [0.2, 0.25) is 0 Å². The Balaban J connectivity index is 1.81. The van der Waals surface area contributed by atoms with E-state index in [1.54, 1.807) is 0 Å². The molecule has 0 aromatic rings. The number of nitrogens with zero attached hydrogens (tertiary/aromatic N) is 1. The molecule has 98 valence electrons. The van der Waals surface area contributed by atoms with Crippen molar-refractivity contribution in [2.24, 2.45) is 5.73 Å². The van der Waals surface area contributed by atoms with E-state index in [9.17, 15) is 4.79 Å². The summed E-state index contributed by atoms with van der Waals surface area (Å²) in [5.41, 5.74) is 5.42. The van der Waals surface area contributed by atoms with E-state index < -0.39 is 0 Å². The van der Waals surface area contributed by atoms with Gasteiger partial charge in [0.2, 0.25) is 5.91 Å². The van der Waals surface area contributed by atoms with Gasteiger partial charge in [-0.3, -0.25) is 4.79 Å². The normalized spacial score (nSPS) is 29.6. The van der Waals surface area contributed by atoms with E-state index in [0.29, 0.717) is 32.7 Å². The minimum Gasteiger partial charge on any atom is -0.375 e. The molecule has 2 heterocycles. The second-order valence-corrected chi connectivity index (χ2v) is 4.69. The van der Waals surface area contributed by atoms with E-state index in [-0.39, 0.29) is 18.1 Å². The maximum atomic E-state index is 11.9. The van der Waals surface area contributed by atoms with Crippen molar-refractivity contribution in [2.75, 3.05) is 32.8 Å². The van der Waals surface area contributed by atoms with E-state index in [2.05, 4.69) is 0 Å². The van der Waals surface area contributed by atoms with Crippen molar-refractivity contribution < 1.29 is 14.3 Å². The third-order valence-corrected chi connectivity index (χ3v) is 3.42. The van der Waals surface area contributed by atoms with Gasteiger partial charge in [-0.15, -0.1) is 0 Å². The molecule has 2 unspecified atom stereocenters. The number of hydrogen-bond donors (Lipinski definition) is 1. The second kappa shape index (κ2) is 6.33. The van der Waals surface area contributed by atoms with Gasteiger partial charge >= 0.3 is 0 Å². The van der Waals surface area contributed by atoms with E-state index in [0.717, 1.165) is 25.9 Å². The van der Waals surface area contributed by atoms with Crippen LogP contribution >= 0.6 is 0 Å². The van der Waals surface area contributed by atoms with Gasteiger partial charge < -0.3 is 20.1 Å². The largest absolute Gasteiger partial charge is 0.375 e. The Bertz CT molecular complexity index is 254. The third-order valence-electron chi connectivity index (χ3n) is 3.42. The number of morpholine rings is 1. The van der Waals surface area contributed by atoms with Crippen molar-refractivity contribution in [1.82, 2.24) is 4.90 Å². The molecule has 2 fully saturated rings. The zero-order valence-electron chi connectivity index (χ0n) is 10.3. The first-order valence-electron chi connectivity index (χ1n) is 6.52. The number of amides is 1. The number of rotatable bonds is 4. The average Bonchev–Trinajstić information content (AvgIpc) is 2.90. The molecule has 17 heavy (non-hydrogen) atoms. The maximum absolute atomic E-state index is 11.9. The Morgan fingerprint density at radius 2 is 2.12 bits per heavy atom. The van der Waals surface area contributed by atoms with Gasteiger partial charge in [-0.05, 0) is 25.8 Å². The van der Waals surface area contributed by atoms with Crippen LogP contribution in [0.4, 0.5) is 0 Å². The van der Waals surface area contributed by atoms with Crippen LogP contribution in [-0.2, 0) is 14.3 Å². The van der Waals surface area contributed by atoms with Crippen molar-refractivity contribution >= 4 is 5.91 Å². The summed E-state index contributed by atoms with van der Waals surface area (Å²) in [7, 11) is 0. The van der Waals surface area contributed by atoms with Crippen molar-refractivity contribution in [2.45, 2.75) is 37.9 Å². The Hall–Kier alpha value is -0.650. The van der Waals surface area contributed by atoms with Gasteiger partial charge in [0.25, 0.3) is 0 Å². The molecule has 0 aliphatic carbocycles. The lowest BCUT2D eigenvalue weighted by Crippen LogP contribution is -2.49. The van der Waals surface area contributed by atoms with Crippen LogP contribution in [0.15, 0.2) is 0 Å². The van der Waals surface area contributed by atoms with Crippen LogP contribution in [0.3, 0.4) is 0 Å². The highest BCUT2D eigenvalue weighted by atomic mass is 16.5. The molecule has 2 aliphatic rings. The zero-order valence-corrected chi connectivity index (χ0v) is 10.3. The first kappa shape index (κ1) is 12.8. The fourth-order valence-corrected chi connectivity index (χ4v) is 2.43. The lowest BCUT2D eigenvalue weighted by molar-refractivity contribution is -0.144. The number of ether oxygens (including phenoxy) is 2. The molecule has 5 nitrogen and oxygen atoms in total. The van der Waals surface area contributed by atoms with Gasteiger partial charge in [-0.25, -0.2) is 0 Å². The fourth-order valence-electron chi connectivity index (χ4n) is 2.43. The molecule has 0 spiro atoms. The van der Waals surface area contributed by atoms with Gasteiger partial charge in [0.15, 0.2) is 0 Å². The highest BCUT2D eigenvalue weighted by molar-refractivity contribution is 5.76. The summed E-state index contributed by atoms with van der Waals surface area (Å²) < 4.78 is 11.3. The molecular weight excluding hydrogens is 220 g/mol. The summed E-state index contributed by atoms with van der Waals surface area (Å²) >= 11 is 0. The molecule has 2 saturated heterocycles. The maximum Gasteiger partial charge on any atom is 0.222 e. The van der Waals surface area contributed by atoms with Crippen LogP contribution in [0, 0.1) is 0 Å². The molecule has 0 bridgehead atoms. The van der Waals surface area contributed by atoms with Gasteiger partial charge in [0, 0.05) is 26.1 Å². The molecule has 2 atom stereocenters. The van der Waals surface area contributed by atoms with E-state index >= 15 is 0 Å². The number of hydrogen-bond acceptors (Lipinski definition) is 4. The molecule has 1 amide bonds. The van der Waals surface area contributed by atoms with Crippen LogP contribution in [0.5, 0.6) is 0 Å². The molecule has 2 N–H and O–H groups in total. The van der Waals surface area contributed by atoms with Gasteiger partial charge in [-0.1, -0.05) is 0 Å². The zero-order chi connectivity index (χ0) is 12.1. The summed E-state index contributed by atoms with van der Waals surface area (Å²) in [6.45, 7) is 3.40. The highest BCUT2D eigenvalue weighted by Gasteiger charge is 2.32. The van der Waals surface area contributed by atoms with Crippen molar-refractivity contribution in [3.63, 3.8) is 0 Å².